The molecule has 0 aliphatic heterocycles. The highest BCUT2D eigenvalue weighted by molar-refractivity contribution is 6.74. The van der Waals surface area contributed by atoms with E-state index in [1.54, 1.807) is 0 Å². The van der Waals surface area contributed by atoms with Gasteiger partial charge in [0.15, 0.2) is 0 Å². The van der Waals surface area contributed by atoms with Gasteiger partial charge in [-0.2, -0.15) is 0 Å². The van der Waals surface area contributed by atoms with Crippen molar-refractivity contribution in [3.63, 3.8) is 0 Å². The number of aliphatic hydroxyl groups is 1. The van der Waals surface area contributed by atoms with Crippen LogP contribution in [0, 0.1) is 23.2 Å². The van der Waals surface area contributed by atoms with Crippen molar-refractivity contribution in [2.45, 2.75) is 122 Å². The Morgan fingerprint density at radius 3 is 2.50 bits per heavy atom. The van der Waals surface area contributed by atoms with Crippen molar-refractivity contribution < 1.29 is 13.9 Å². The van der Waals surface area contributed by atoms with E-state index in [2.05, 4.69) is 46.9 Å². The molecule has 3 aliphatic carbocycles. The zero-order valence-electron chi connectivity index (χ0n) is 23.4. The van der Waals surface area contributed by atoms with Crippen LogP contribution in [0.25, 0.3) is 0 Å². The van der Waals surface area contributed by atoms with Gasteiger partial charge in [-0.05, 0) is 98.5 Å². The van der Waals surface area contributed by atoms with Gasteiger partial charge < -0.3 is 9.53 Å². The molecule has 1 N–H and O–H groups in total. The normalized spacial score (nSPS) is 36.2. The molecule has 0 amide bonds. The van der Waals surface area contributed by atoms with Gasteiger partial charge in [-0.15, -0.1) is 11.6 Å². The summed E-state index contributed by atoms with van der Waals surface area (Å²) < 4.78 is 23.0. The number of benzene rings is 1. The summed E-state index contributed by atoms with van der Waals surface area (Å²) in [5.74, 6) is 2.22. The second kappa shape index (κ2) is 10.0. The molecule has 0 radical (unpaired) electrons. The van der Waals surface area contributed by atoms with E-state index in [1.165, 1.54) is 0 Å². The molecule has 0 heterocycles. The molecule has 0 aromatic heterocycles. The van der Waals surface area contributed by atoms with Crippen molar-refractivity contribution in [3.8, 4) is 5.75 Å². The lowest BCUT2D eigenvalue weighted by Crippen LogP contribution is -2.55. The molecule has 2 nitrogen and oxygen atoms in total. The van der Waals surface area contributed by atoms with Gasteiger partial charge in [0.2, 0.25) is 0 Å². The Labute approximate surface area is 229 Å². The smallest absolute Gasteiger partial charge is 0.250 e. The van der Waals surface area contributed by atoms with Crippen LogP contribution in [-0.2, 0) is 6.42 Å². The van der Waals surface area contributed by atoms with Gasteiger partial charge in [-0.25, -0.2) is 4.39 Å². The average molecular weight is 558 g/mol. The maximum absolute atomic E-state index is 16.3. The lowest BCUT2D eigenvalue weighted by atomic mass is 9.50. The van der Waals surface area contributed by atoms with Crippen LogP contribution in [0.3, 0.4) is 0 Å². The molecule has 204 valence electrons. The molecule has 1 aromatic carbocycles. The zero-order valence-corrected chi connectivity index (χ0v) is 25.9. The van der Waals surface area contributed by atoms with E-state index in [-0.39, 0.29) is 22.3 Å². The molecule has 2 fully saturated rings. The Morgan fingerprint density at radius 1 is 1.17 bits per heavy atom. The van der Waals surface area contributed by atoms with Crippen LogP contribution in [0.15, 0.2) is 12.1 Å². The lowest BCUT2D eigenvalue weighted by molar-refractivity contribution is -0.120. The predicted octanol–water partition coefficient (Wildman–Crippen LogP) is 9.30. The number of halogens is 3. The van der Waals surface area contributed by atoms with Crippen molar-refractivity contribution in [1.82, 2.24) is 0 Å². The fraction of sp³-hybridized carbons (Fsp3) is 0.800. The van der Waals surface area contributed by atoms with Gasteiger partial charge in [-0.1, -0.05) is 58.2 Å². The largest absolute Gasteiger partial charge is 0.542 e. The summed E-state index contributed by atoms with van der Waals surface area (Å²) in [4.78, 5) is 0. The Bertz CT molecular complexity index is 959. The van der Waals surface area contributed by atoms with E-state index >= 15 is 4.39 Å². The van der Waals surface area contributed by atoms with E-state index in [0.29, 0.717) is 29.2 Å². The van der Waals surface area contributed by atoms with Crippen LogP contribution in [-0.4, -0.2) is 31.1 Å². The first-order valence-corrected chi connectivity index (χ1v) is 17.9. The summed E-state index contributed by atoms with van der Waals surface area (Å²) in [6, 6.07) is 4.12. The van der Waals surface area contributed by atoms with Crippen LogP contribution < -0.4 is 4.43 Å². The molecule has 7 atom stereocenters. The summed E-state index contributed by atoms with van der Waals surface area (Å²) in [7, 11) is -2.06. The van der Waals surface area contributed by atoms with Crippen LogP contribution in [0.1, 0.15) is 96.6 Å². The number of hydrogen-bond donors (Lipinski definition) is 1. The molecule has 3 aliphatic rings. The standard InChI is InChI=1S/C30H47Cl2FO2Si/c1-28(2,3)36(6,7)35-24-13-12-20-21(27(24)32)17-19(11-9-8-10-16-31)25-22-14-15-30(5,34)29(22,4)18-23(33)26(20)25/h12-13,19,22-23,25-26,34H,8-11,14-18H2,1-7H3/t19-,22+,23+,25+,26+,29+,30-/m1/s1. The van der Waals surface area contributed by atoms with Gasteiger partial charge in [0.05, 0.1) is 10.6 Å². The molecule has 2 saturated carbocycles. The SMILES string of the molecule is CC(C)(C)[Si](C)(C)Oc1ccc2c(c1Cl)C[C@@H](CCCCCCl)[C@@H]1[C@@H]2[C@@H](F)C[C@@]2(C)[C@H]1CC[C@@]2(C)O. The Hall–Kier alpha value is -0.293. The van der Waals surface area contributed by atoms with Gasteiger partial charge in [0, 0.05) is 17.2 Å². The van der Waals surface area contributed by atoms with Crippen LogP contribution in [0.4, 0.5) is 4.39 Å². The monoisotopic (exact) mass is 556 g/mol. The highest BCUT2D eigenvalue weighted by Gasteiger charge is 2.64. The number of fused-ring (bicyclic) bond motifs is 5. The molecule has 0 saturated heterocycles. The van der Waals surface area contributed by atoms with Gasteiger partial charge in [0.1, 0.15) is 11.9 Å². The molecule has 6 heteroatoms. The lowest BCUT2D eigenvalue weighted by Gasteiger charge is -2.56. The third-order valence-corrected chi connectivity index (χ3v) is 15.9. The molecule has 0 spiro atoms. The number of unbranched alkanes of at least 4 members (excludes halogenated alkanes) is 2. The van der Waals surface area contributed by atoms with Crippen LogP contribution in [0.2, 0.25) is 23.2 Å². The summed E-state index contributed by atoms with van der Waals surface area (Å²) in [5, 5.41) is 12.1. The molecule has 0 unspecified atom stereocenters. The van der Waals surface area contributed by atoms with E-state index in [1.807, 2.05) is 13.0 Å². The highest BCUT2D eigenvalue weighted by atomic mass is 35.5. The summed E-state index contributed by atoms with van der Waals surface area (Å²) in [5.41, 5.74) is 1.00. The third-order valence-electron chi connectivity index (χ3n) is 10.9. The Kier molecular flexibility index (Phi) is 8.00. The van der Waals surface area contributed by atoms with Gasteiger partial charge >= 0.3 is 0 Å². The maximum atomic E-state index is 16.3. The van der Waals surface area contributed by atoms with E-state index in [0.717, 1.165) is 61.8 Å². The first-order chi connectivity index (χ1) is 16.6. The van der Waals surface area contributed by atoms with E-state index in [4.69, 9.17) is 27.6 Å². The van der Waals surface area contributed by atoms with Crippen LogP contribution >= 0.6 is 23.2 Å². The topological polar surface area (TPSA) is 29.5 Å². The van der Waals surface area contributed by atoms with Gasteiger partial charge in [-0.3, -0.25) is 0 Å². The molecular weight excluding hydrogens is 510 g/mol. The molecular formula is C30H47Cl2FO2Si. The van der Waals surface area contributed by atoms with Crippen molar-refractivity contribution in [2.24, 2.45) is 23.2 Å². The molecule has 1 aromatic rings. The second-order valence-corrected chi connectivity index (χ2v) is 19.5. The maximum Gasteiger partial charge on any atom is 0.250 e. The van der Waals surface area contributed by atoms with Crippen molar-refractivity contribution in [2.75, 3.05) is 5.88 Å². The summed E-state index contributed by atoms with van der Waals surface area (Å²) in [6.45, 7) is 15.3. The van der Waals surface area contributed by atoms with Gasteiger partial charge in [0.25, 0.3) is 8.32 Å². The third kappa shape index (κ3) is 4.80. The number of rotatable bonds is 7. The summed E-state index contributed by atoms with van der Waals surface area (Å²) in [6.07, 6.45) is 6.33. The number of alkyl halides is 2. The predicted molar refractivity (Wildman–Crippen MR) is 153 cm³/mol. The van der Waals surface area contributed by atoms with Crippen molar-refractivity contribution >= 4 is 31.5 Å². The first kappa shape index (κ1) is 28.7. The molecule has 4 rings (SSSR count). The van der Waals surface area contributed by atoms with Crippen LogP contribution in [0.5, 0.6) is 5.75 Å². The minimum atomic E-state index is -2.06. The Balaban J connectivity index is 1.74. The quantitative estimate of drug-likeness (QED) is 0.206. The number of hydrogen-bond acceptors (Lipinski definition) is 2. The fourth-order valence-corrected chi connectivity index (χ4v) is 9.06. The fourth-order valence-electron chi connectivity index (χ4n) is 7.49. The summed E-state index contributed by atoms with van der Waals surface area (Å²) >= 11 is 13.1. The molecule has 36 heavy (non-hydrogen) atoms. The molecule has 0 bridgehead atoms. The van der Waals surface area contributed by atoms with E-state index in [9.17, 15) is 5.11 Å². The first-order valence-electron chi connectivity index (χ1n) is 14.1. The second-order valence-electron chi connectivity index (χ2n) is 14.0. The average Bonchev–Trinajstić information content (AvgIpc) is 3.00. The van der Waals surface area contributed by atoms with Crippen molar-refractivity contribution in [3.05, 3.63) is 28.3 Å². The minimum Gasteiger partial charge on any atom is -0.542 e. The Morgan fingerprint density at radius 2 is 1.86 bits per heavy atom. The highest BCUT2D eigenvalue weighted by Crippen LogP contribution is 2.66. The minimum absolute atomic E-state index is 0.0690. The van der Waals surface area contributed by atoms with E-state index < -0.39 is 20.1 Å². The van der Waals surface area contributed by atoms with Crippen molar-refractivity contribution in [1.29, 1.82) is 0 Å². The zero-order chi connectivity index (χ0) is 26.7.